The first-order chi connectivity index (χ1) is 9.47. The molecule has 20 heavy (non-hydrogen) atoms. The van der Waals surface area contributed by atoms with Crippen molar-refractivity contribution in [2.24, 2.45) is 0 Å². The highest BCUT2D eigenvalue weighted by molar-refractivity contribution is 6.30. The van der Waals surface area contributed by atoms with Crippen LogP contribution in [0.2, 0.25) is 5.02 Å². The van der Waals surface area contributed by atoms with Crippen molar-refractivity contribution in [3.63, 3.8) is 0 Å². The third kappa shape index (κ3) is 3.42. The summed E-state index contributed by atoms with van der Waals surface area (Å²) < 4.78 is 0. The van der Waals surface area contributed by atoms with Gasteiger partial charge in [-0.2, -0.15) is 0 Å². The van der Waals surface area contributed by atoms with Crippen molar-refractivity contribution >= 4 is 23.6 Å². The van der Waals surface area contributed by atoms with Gasteiger partial charge in [-0.15, -0.1) is 0 Å². The van der Waals surface area contributed by atoms with Gasteiger partial charge in [0.05, 0.1) is 12.5 Å². The van der Waals surface area contributed by atoms with Crippen molar-refractivity contribution in [1.29, 1.82) is 0 Å². The number of carbonyl (C=O) groups is 2. The third-order valence-corrected chi connectivity index (χ3v) is 3.72. The van der Waals surface area contributed by atoms with Crippen molar-refractivity contribution in [2.45, 2.75) is 25.3 Å². The van der Waals surface area contributed by atoms with Crippen molar-refractivity contribution in [1.82, 2.24) is 10.2 Å². The van der Waals surface area contributed by atoms with E-state index in [4.69, 9.17) is 16.7 Å². The maximum absolute atomic E-state index is 12.0. The molecule has 0 saturated heterocycles. The standard InChI is InChI=1S/C14H17ClN2O3/c1-17(7-6-13(18)19)14(20)16-12-5-2-9-8-10(15)3-4-11(9)12/h3-4,8,12H,2,5-7H2,1H3,(H,16,20)(H,18,19). The summed E-state index contributed by atoms with van der Waals surface area (Å²) in [5.74, 6) is -0.912. The van der Waals surface area contributed by atoms with Gasteiger partial charge in [0.15, 0.2) is 0 Å². The number of halogens is 1. The van der Waals surface area contributed by atoms with Gasteiger partial charge in [0.2, 0.25) is 0 Å². The summed E-state index contributed by atoms with van der Waals surface area (Å²) in [6.45, 7) is 0.196. The average Bonchev–Trinajstić information content (AvgIpc) is 2.78. The predicted octanol–water partition coefficient (Wildman–Crippen LogP) is 2.44. The molecule has 1 aliphatic rings. The molecular formula is C14H17ClN2O3. The topological polar surface area (TPSA) is 69.6 Å². The van der Waals surface area contributed by atoms with Crippen LogP contribution in [0.15, 0.2) is 18.2 Å². The normalized spacial score (nSPS) is 16.6. The SMILES string of the molecule is CN(CCC(=O)O)C(=O)NC1CCc2cc(Cl)ccc21. The molecule has 2 N–H and O–H groups in total. The molecule has 108 valence electrons. The highest BCUT2D eigenvalue weighted by Crippen LogP contribution is 2.32. The highest BCUT2D eigenvalue weighted by Gasteiger charge is 2.25. The van der Waals surface area contributed by atoms with Gasteiger partial charge in [0.1, 0.15) is 0 Å². The number of rotatable bonds is 4. The molecule has 6 heteroatoms. The van der Waals surface area contributed by atoms with Crippen LogP contribution in [-0.2, 0) is 11.2 Å². The van der Waals surface area contributed by atoms with Gasteiger partial charge in [0.25, 0.3) is 0 Å². The lowest BCUT2D eigenvalue weighted by atomic mass is 10.1. The Morgan fingerprint density at radius 2 is 2.25 bits per heavy atom. The molecule has 1 aromatic rings. The second kappa shape index (κ2) is 6.13. The zero-order chi connectivity index (χ0) is 14.7. The molecule has 0 fully saturated rings. The van der Waals surface area contributed by atoms with Gasteiger partial charge in [-0.1, -0.05) is 17.7 Å². The van der Waals surface area contributed by atoms with Crippen LogP contribution in [0.1, 0.15) is 30.0 Å². The van der Waals surface area contributed by atoms with Crippen LogP contribution in [0.4, 0.5) is 4.79 Å². The summed E-state index contributed by atoms with van der Waals surface area (Å²) >= 11 is 5.95. The van der Waals surface area contributed by atoms with Gasteiger partial charge in [-0.05, 0) is 36.1 Å². The number of carbonyl (C=O) groups excluding carboxylic acids is 1. The number of aryl methyl sites for hydroxylation is 1. The van der Waals surface area contributed by atoms with E-state index in [9.17, 15) is 9.59 Å². The molecule has 2 amide bonds. The monoisotopic (exact) mass is 296 g/mol. The molecule has 2 rings (SSSR count). The minimum Gasteiger partial charge on any atom is -0.481 e. The Morgan fingerprint density at radius 1 is 1.50 bits per heavy atom. The van der Waals surface area contributed by atoms with Crippen LogP contribution in [0.3, 0.4) is 0 Å². The number of carboxylic acids is 1. The van der Waals surface area contributed by atoms with Gasteiger partial charge < -0.3 is 15.3 Å². The van der Waals surface area contributed by atoms with Crippen LogP contribution < -0.4 is 5.32 Å². The molecule has 0 aliphatic heterocycles. The fourth-order valence-electron chi connectivity index (χ4n) is 2.36. The fraction of sp³-hybridized carbons (Fsp3) is 0.429. The molecule has 0 radical (unpaired) electrons. The highest BCUT2D eigenvalue weighted by atomic mass is 35.5. The molecule has 1 atom stereocenters. The zero-order valence-electron chi connectivity index (χ0n) is 11.2. The predicted molar refractivity (Wildman–Crippen MR) is 75.9 cm³/mol. The number of fused-ring (bicyclic) bond motifs is 1. The number of urea groups is 1. The zero-order valence-corrected chi connectivity index (χ0v) is 12.0. The van der Waals surface area contributed by atoms with Crippen molar-refractivity contribution < 1.29 is 14.7 Å². The average molecular weight is 297 g/mol. The van der Waals surface area contributed by atoms with E-state index < -0.39 is 5.97 Å². The van der Waals surface area contributed by atoms with Crippen LogP contribution >= 0.6 is 11.6 Å². The molecule has 0 saturated carbocycles. The lowest BCUT2D eigenvalue weighted by Gasteiger charge is -2.21. The Hall–Kier alpha value is -1.75. The molecule has 0 heterocycles. The summed E-state index contributed by atoms with van der Waals surface area (Å²) in [7, 11) is 1.59. The van der Waals surface area contributed by atoms with Gasteiger partial charge >= 0.3 is 12.0 Å². The molecule has 1 aliphatic carbocycles. The van der Waals surface area contributed by atoms with E-state index in [1.165, 1.54) is 4.90 Å². The second-order valence-corrected chi connectivity index (χ2v) is 5.39. The summed E-state index contributed by atoms with van der Waals surface area (Å²) in [5, 5.41) is 12.2. The van der Waals surface area contributed by atoms with Gasteiger partial charge in [0, 0.05) is 18.6 Å². The van der Waals surface area contributed by atoms with Gasteiger partial charge in [-0.25, -0.2) is 4.79 Å². The van der Waals surface area contributed by atoms with E-state index in [0.29, 0.717) is 5.02 Å². The fourth-order valence-corrected chi connectivity index (χ4v) is 2.55. The van der Waals surface area contributed by atoms with Crippen molar-refractivity contribution in [3.8, 4) is 0 Å². The first kappa shape index (κ1) is 14.7. The Balaban J connectivity index is 1.95. The van der Waals surface area contributed by atoms with Crippen LogP contribution in [0.5, 0.6) is 0 Å². The van der Waals surface area contributed by atoms with Crippen LogP contribution in [0.25, 0.3) is 0 Å². The molecule has 0 aromatic heterocycles. The minimum atomic E-state index is -0.912. The smallest absolute Gasteiger partial charge is 0.317 e. The van der Waals surface area contributed by atoms with Crippen molar-refractivity contribution in [2.75, 3.05) is 13.6 Å². The number of hydrogen-bond donors (Lipinski definition) is 2. The Morgan fingerprint density at radius 3 is 2.95 bits per heavy atom. The molecule has 1 unspecified atom stereocenters. The molecule has 0 bridgehead atoms. The van der Waals surface area contributed by atoms with Gasteiger partial charge in [-0.3, -0.25) is 4.79 Å². The Bertz CT molecular complexity index is 533. The van der Waals surface area contributed by atoms with E-state index in [1.807, 2.05) is 18.2 Å². The number of aliphatic carboxylic acids is 1. The maximum atomic E-state index is 12.0. The number of benzene rings is 1. The number of nitrogens with one attached hydrogen (secondary N) is 1. The minimum absolute atomic E-state index is 0.0259. The summed E-state index contributed by atoms with van der Waals surface area (Å²) in [4.78, 5) is 23.9. The van der Waals surface area contributed by atoms with E-state index in [2.05, 4.69) is 5.32 Å². The van der Waals surface area contributed by atoms with E-state index >= 15 is 0 Å². The van der Waals surface area contributed by atoms with Crippen LogP contribution in [-0.4, -0.2) is 35.6 Å². The molecule has 0 spiro atoms. The van der Waals surface area contributed by atoms with E-state index in [-0.39, 0.29) is 25.0 Å². The number of amides is 2. The summed E-state index contributed by atoms with van der Waals surface area (Å²) in [6.07, 6.45) is 1.68. The number of carboxylic acid groups (broad SMARTS) is 1. The maximum Gasteiger partial charge on any atom is 0.317 e. The first-order valence-electron chi connectivity index (χ1n) is 6.49. The number of hydrogen-bond acceptors (Lipinski definition) is 2. The quantitative estimate of drug-likeness (QED) is 0.896. The van der Waals surface area contributed by atoms with E-state index in [1.54, 1.807) is 7.05 Å². The molecule has 5 nitrogen and oxygen atoms in total. The lowest BCUT2D eigenvalue weighted by molar-refractivity contribution is -0.137. The third-order valence-electron chi connectivity index (χ3n) is 3.49. The Kier molecular flexibility index (Phi) is 4.49. The number of nitrogens with zero attached hydrogens (tertiary/aromatic N) is 1. The second-order valence-electron chi connectivity index (χ2n) is 4.95. The van der Waals surface area contributed by atoms with Crippen molar-refractivity contribution in [3.05, 3.63) is 34.3 Å². The van der Waals surface area contributed by atoms with E-state index in [0.717, 1.165) is 24.0 Å². The summed E-state index contributed by atoms with van der Waals surface area (Å²) in [6, 6.07) is 5.41. The Labute approximate surface area is 122 Å². The largest absolute Gasteiger partial charge is 0.481 e. The molecule has 1 aromatic carbocycles. The first-order valence-corrected chi connectivity index (χ1v) is 6.87. The van der Waals surface area contributed by atoms with Crippen LogP contribution in [0, 0.1) is 0 Å². The molecular weight excluding hydrogens is 280 g/mol. The summed E-state index contributed by atoms with van der Waals surface area (Å²) in [5.41, 5.74) is 2.25. The lowest BCUT2D eigenvalue weighted by Crippen LogP contribution is -2.39.